The fourth-order valence-electron chi connectivity index (χ4n) is 1.97. The van der Waals surface area contributed by atoms with Gasteiger partial charge in [0.15, 0.2) is 0 Å². The summed E-state index contributed by atoms with van der Waals surface area (Å²) in [5.41, 5.74) is 1.97. The molecular formula is C13H18N2O. The molecule has 1 fully saturated rings. The summed E-state index contributed by atoms with van der Waals surface area (Å²) < 4.78 is 0. The molecule has 1 heterocycles. The van der Waals surface area contributed by atoms with Crippen molar-refractivity contribution >= 4 is 5.91 Å². The molecule has 1 N–H and O–H groups in total. The van der Waals surface area contributed by atoms with E-state index in [1.165, 1.54) is 5.56 Å². The van der Waals surface area contributed by atoms with E-state index in [1.807, 2.05) is 52.1 Å². The summed E-state index contributed by atoms with van der Waals surface area (Å²) >= 11 is 0. The van der Waals surface area contributed by atoms with Crippen molar-refractivity contribution in [3.63, 3.8) is 0 Å². The van der Waals surface area contributed by atoms with Crippen LogP contribution in [0, 0.1) is 6.92 Å². The molecule has 1 atom stereocenters. The van der Waals surface area contributed by atoms with Crippen LogP contribution in [0.2, 0.25) is 0 Å². The van der Waals surface area contributed by atoms with E-state index in [4.69, 9.17) is 0 Å². The SMILES string of the molecule is Cc1ccc([C@H]2NC(C)(C)N(C)C2=O)cc1. The predicted octanol–water partition coefficient (Wildman–Crippen LogP) is 1.83. The number of likely N-dealkylation sites (N-methyl/N-ethyl adjacent to an activating group) is 1. The summed E-state index contributed by atoms with van der Waals surface area (Å²) in [5, 5.41) is 3.34. The van der Waals surface area contributed by atoms with Crippen LogP contribution in [0.1, 0.15) is 31.0 Å². The number of rotatable bonds is 1. The summed E-state index contributed by atoms with van der Waals surface area (Å²) in [6.07, 6.45) is 0. The number of nitrogens with zero attached hydrogens (tertiary/aromatic N) is 1. The Morgan fingerprint density at radius 2 is 1.81 bits per heavy atom. The van der Waals surface area contributed by atoms with Crippen LogP contribution in [0.4, 0.5) is 0 Å². The van der Waals surface area contributed by atoms with Crippen molar-refractivity contribution in [2.45, 2.75) is 32.5 Å². The van der Waals surface area contributed by atoms with Crippen LogP contribution in [0.25, 0.3) is 0 Å². The van der Waals surface area contributed by atoms with Crippen molar-refractivity contribution in [1.82, 2.24) is 10.2 Å². The zero-order valence-corrected chi connectivity index (χ0v) is 10.2. The zero-order chi connectivity index (χ0) is 11.9. The minimum Gasteiger partial charge on any atom is -0.326 e. The first kappa shape index (κ1) is 11.1. The van der Waals surface area contributed by atoms with Crippen LogP contribution in [0.3, 0.4) is 0 Å². The van der Waals surface area contributed by atoms with Crippen molar-refractivity contribution < 1.29 is 4.79 Å². The quantitative estimate of drug-likeness (QED) is 0.780. The molecule has 3 nitrogen and oxygen atoms in total. The number of carbonyl (C=O) groups is 1. The Bertz CT molecular complexity index is 408. The van der Waals surface area contributed by atoms with Gasteiger partial charge in [-0.25, -0.2) is 0 Å². The predicted molar refractivity (Wildman–Crippen MR) is 63.9 cm³/mol. The van der Waals surface area contributed by atoms with Gasteiger partial charge in [0.05, 0.1) is 5.66 Å². The third kappa shape index (κ3) is 1.71. The second-order valence-electron chi connectivity index (χ2n) is 4.94. The van der Waals surface area contributed by atoms with E-state index >= 15 is 0 Å². The van der Waals surface area contributed by atoms with E-state index in [0.717, 1.165) is 5.56 Å². The molecular weight excluding hydrogens is 200 g/mol. The maximum absolute atomic E-state index is 12.1. The van der Waals surface area contributed by atoms with Crippen LogP contribution in [0.5, 0.6) is 0 Å². The molecule has 0 bridgehead atoms. The lowest BCUT2D eigenvalue weighted by atomic mass is 10.1. The first-order valence-corrected chi connectivity index (χ1v) is 5.54. The van der Waals surface area contributed by atoms with Gasteiger partial charge in [0.1, 0.15) is 6.04 Å². The maximum atomic E-state index is 12.1. The van der Waals surface area contributed by atoms with Gasteiger partial charge in [-0.1, -0.05) is 29.8 Å². The Kier molecular flexibility index (Phi) is 2.50. The molecule has 0 aliphatic carbocycles. The summed E-state index contributed by atoms with van der Waals surface area (Å²) in [5.74, 6) is 0.133. The molecule has 0 radical (unpaired) electrons. The Morgan fingerprint density at radius 3 is 2.25 bits per heavy atom. The van der Waals surface area contributed by atoms with Crippen LogP contribution in [-0.4, -0.2) is 23.5 Å². The van der Waals surface area contributed by atoms with Crippen molar-refractivity contribution in [1.29, 1.82) is 0 Å². The molecule has 0 spiro atoms. The first-order chi connectivity index (χ1) is 7.42. The third-order valence-corrected chi connectivity index (χ3v) is 3.32. The van der Waals surface area contributed by atoms with Gasteiger partial charge < -0.3 is 4.90 Å². The standard InChI is InChI=1S/C13H18N2O/c1-9-5-7-10(8-6-9)11-12(16)15(4)13(2,3)14-11/h5-8,11,14H,1-4H3/t11-/m1/s1. The molecule has 1 aromatic carbocycles. The lowest BCUT2D eigenvalue weighted by molar-refractivity contribution is -0.130. The molecule has 0 aromatic heterocycles. The highest BCUT2D eigenvalue weighted by Crippen LogP contribution is 2.28. The van der Waals surface area contributed by atoms with Gasteiger partial charge in [0, 0.05) is 7.05 Å². The number of aryl methyl sites for hydroxylation is 1. The fourth-order valence-corrected chi connectivity index (χ4v) is 1.97. The Hall–Kier alpha value is -1.35. The zero-order valence-electron chi connectivity index (χ0n) is 10.2. The second-order valence-corrected chi connectivity index (χ2v) is 4.94. The highest BCUT2D eigenvalue weighted by Gasteiger charge is 2.42. The summed E-state index contributed by atoms with van der Waals surface area (Å²) in [6.45, 7) is 6.07. The fraction of sp³-hybridized carbons (Fsp3) is 0.462. The molecule has 0 saturated carbocycles. The smallest absolute Gasteiger partial charge is 0.245 e. The molecule has 2 rings (SSSR count). The molecule has 1 aromatic rings. The normalized spacial score (nSPS) is 23.9. The highest BCUT2D eigenvalue weighted by molar-refractivity contribution is 5.86. The van der Waals surface area contributed by atoms with E-state index in [2.05, 4.69) is 5.32 Å². The van der Waals surface area contributed by atoms with E-state index in [1.54, 1.807) is 4.90 Å². The van der Waals surface area contributed by atoms with E-state index < -0.39 is 0 Å². The van der Waals surface area contributed by atoms with Gasteiger partial charge in [-0.05, 0) is 26.3 Å². The van der Waals surface area contributed by atoms with Crippen LogP contribution >= 0.6 is 0 Å². The van der Waals surface area contributed by atoms with E-state index in [-0.39, 0.29) is 17.6 Å². The van der Waals surface area contributed by atoms with Gasteiger partial charge in [-0.2, -0.15) is 0 Å². The topological polar surface area (TPSA) is 32.3 Å². The van der Waals surface area contributed by atoms with Crippen LogP contribution < -0.4 is 5.32 Å². The summed E-state index contributed by atoms with van der Waals surface area (Å²) in [7, 11) is 1.84. The molecule has 86 valence electrons. The minimum atomic E-state index is -0.271. The Labute approximate surface area is 96.5 Å². The van der Waals surface area contributed by atoms with Crippen molar-refractivity contribution in [3.05, 3.63) is 35.4 Å². The number of carbonyl (C=O) groups excluding carboxylic acids is 1. The van der Waals surface area contributed by atoms with Gasteiger partial charge in [0.25, 0.3) is 0 Å². The number of amides is 1. The summed E-state index contributed by atoms with van der Waals surface area (Å²) in [6, 6.07) is 7.89. The molecule has 1 amide bonds. The first-order valence-electron chi connectivity index (χ1n) is 5.54. The van der Waals surface area contributed by atoms with Gasteiger partial charge >= 0.3 is 0 Å². The molecule has 1 aliphatic heterocycles. The number of benzene rings is 1. The highest BCUT2D eigenvalue weighted by atomic mass is 16.2. The minimum absolute atomic E-state index is 0.133. The lowest BCUT2D eigenvalue weighted by Crippen LogP contribution is -2.44. The second kappa shape index (κ2) is 3.59. The average molecular weight is 218 g/mol. The summed E-state index contributed by atoms with van der Waals surface area (Å²) in [4.78, 5) is 13.8. The molecule has 16 heavy (non-hydrogen) atoms. The monoisotopic (exact) mass is 218 g/mol. The van der Waals surface area contributed by atoms with Crippen LogP contribution in [-0.2, 0) is 4.79 Å². The molecule has 3 heteroatoms. The number of hydrogen-bond donors (Lipinski definition) is 1. The number of hydrogen-bond acceptors (Lipinski definition) is 2. The lowest BCUT2D eigenvalue weighted by Gasteiger charge is -2.26. The van der Waals surface area contributed by atoms with Crippen LogP contribution in [0.15, 0.2) is 24.3 Å². The Balaban J connectivity index is 2.30. The van der Waals surface area contributed by atoms with E-state index in [9.17, 15) is 4.79 Å². The molecule has 1 saturated heterocycles. The van der Waals surface area contributed by atoms with Crippen molar-refractivity contribution in [2.24, 2.45) is 0 Å². The van der Waals surface area contributed by atoms with Crippen molar-refractivity contribution in [3.8, 4) is 0 Å². The largest absolute Gasteiger partial charge is 0.326 e. The van der Waals surface area contributed by atoms with Gasteiger partial charge in [-0.15, -0.1) is 0 Å². The Morgan fingerprint density at radius 1 is 1.25 bits per heavy atom. The third-order valence-electron chi connectivity index (χ3n) is 3.32. The molecule has 0 unspecified atom stereocenters. The van der Waals surface area contributed by atoms with E-state index in [0.29, 0.717) is 0 Å². The van der Waals surface area contributed by atoms with Gasteiger partial charge in [0.2, 0.25) is 5.91 Å². The van der Waals surface area contributed by atoms with Gasteiger partial charge in [-0.3, -0.25) is 10.1 Å². The maximum Gasteiger partial charge on any atom is 0.245 e. The average Bonchev–Trinajstić information content (AvgIpc) is 2.44. The number of nitrogens with one attached hydrogen (secondary N) is 1. The molecule has 1 aliphatic rings. The van der Waals surface area contributed by atoms with Crippen molar-refractivity contribution in [2.75, 3.05) is 7.05 Å².